The van der Waals surface area contributed by atoms with Gasteiger partial charge in [-0.2, -0.15) is 0 Å². The summed E-state index contributed by atoms with van der Waals surface area (Å²) in [6.45, 7) is 4.96. The Morgan fingerprint density at radius 1 is 1.44 bits per heavy atom. The van der Waals surface area contributed by atoms with Crippen LogP contribution < -0.4 is 10.1 Å². The van der Waals surface area contributed by atoms with Crippen LogP contribution in [0.5, 0.6) is 5.75 Å². The van der Waals surface area contributed by atoms with Crippen LogP contribution in [0.25, 0.3) is 0 Å². The predicted octanol–water partition coefficient (Wildman–Crippen LogP) is 3.15. The van der Waals surface area contributed by atoms with Gasteiger partial charge in [0.1, 0.15) is 5.75 Å². The topological polar surface area (TPSA) is 41.5 Å². The third-order valence-corrected chi connectivity index (χ3v) is 4.38. The maximum atomic E-state index is 9.33. The molecule has 3 nitrogen and oxygen atoms in total. The average Bonchev–Trinajstić information content (AvgIpc) is 3.15. The normalized spacial score (nSPS) is 16.5. The van der Waals surface area contributed by atoms with Gasteiger partial charge in [0.2, 0.25) is 0 Å². The van der Waals surface area contributed by atoms with Crippen LogP contribution in [-0.4, -0.2) is 25.4 Å². The van der Waals surface area contributed by atoms with Crippen molar-refractivity contribution in [2.45, 2.75) is 26.7 Å². The van der Waals surface area contributed by atoms with Crippen molar-refractivity contribution >= 4 is 17.3 Å². The molecule has 1 aliphatic rings. The fourth-order valence-corrected chi connectivity index (χ4v) is 2.30. The van der Waals surface area contributed by atoms with Crippen molar-refractivity contribution < 1.29 is 9.84 Å². The lowest BCUT2D eigenvalue weighted by molar-refractivity contribution is 0.219. The van der Waals surface area contributed by atoms with Gasteiger partial charge in [0, 0.05) is 17.0 Å². The first-order chi connectivity index (χ1) is 8.53. The van der Waals surface area contributed by atoms with Gasteiger partial charge in [-0.05, 0) is 43.9 Å². The molecule has 1 fully saturated rings. The molecule has 1 aliphatic carbocycles. The molecule has 1 saturated carbocycles. The van der Waals surface area contributed by atoms with Gasteiger partial charge >= 0.3 is 0 Å². The van der Waals surface area contributed by atoms with Gasteiger partial charge < -0.3 is 15.2 Å². The van der Waals surface area contributed by atoms with E-state index in [4.69, 9.17) is 16.3 Å². The summed E-state index contributed by atoms with van der Waals surface area (Å²) in [5.41, 5.74) is 3.02. The molecule has 0 heterocycles. The number of aliphatic hydroxyl groups is 1. The molecule has 0 amide bonds. The maximum Gasteiger partial charge on any atom is 0.142 e. The monoisotopic (exact) mass is 269 g/mol. The van der Waals surface area contributed by atoms with E-state index in [-0.39, 0.29) is 12.0 Å². The summed E-state index contributed by atoms with van der Waals surface area (Å²) in [5.74, 6) is 0.808. The number of rotatable bonds is 5. The minimum Gasteiger partial charge on any atom is -0.495 e. The molecule has 0 unspecified atom stereocenters. The Labute approximate surface area is 113 Å². The number of aliphatic hydroxyl groups excluding tert-OH is 1. The van der Waals surface area contributed by atoms with Crippen molar-refractivity contribution in [3.63, 3.8) is 0 Å². The standard InChI is InChI=1S/C14H20ClNO2/c1-9-6-11(18-3)13(10(2)12(9)15)16-7-14(8-17)4-5-14/h6,16-17H,4-5,7-8H2,1-3H3. The lowest BCUT2D eigenvalue weighted by atomic mass is 10.1. The molecule has 0 aliphatic heterocycles. The van der Waals surface area contributed by atoms with Gasteiger partial charge in [-0.1, -0.05) is 11.6 Å². The van der Waals surface area contributed by atoms with Crippen LogP contribution in [0.4, 0.5) is 5.69 Å². The summed E-state index contributed by atoms with van der Waals surface area (Å²) in [6.07, 6.45) is 2.16. The van der Waals surface area contributed by atoms with Crippen LogP contribution in [-0.2, 0) is 0 Å². The number of hydrogen-bond donors (Lipinski definition) is 2. The molecule has 1 aromatic rings. The van der Waals surface area contributed by atoms with Crippen molar-refractivity contribution in [2.75, 3.05) is 25.6 Å². The predicted molar refractivity (Wildman–Crippen MR) is 74.7 cm³/mol. The number of anilines is 1. The Hall–Kier alpha value is -0.930. The van der Waals surface area contributed by atoms with Crippen molar-refractivity contribution in [3.8, 4) is 5.75 Å². The average molecular weight is 270 g/mol. The molecule has 0 saturated heterocycles. The van der Waals surface area contributed by atoms with E-state index in [2.05, 4.69) is 5.32 Å². The van der Waals surface area contributed by atoms with Crippen LogP contribution in [0.1, 0.15) is 24.0 Å². The zero-order chi connectivity index (χ0) is 13.3. The van der Waals surface area contributed by atoms with E-state index < -0.39 is 0 Å². The molecule has 0 bridgehead atoms. The molecule has 0 spiro atoms. The van der Waals surface area contributed by atoms with Crippen molar-refractivity contribution in [1.82, 2.24) is 0 Å². The van der Waals surface area contributed by atoms with E-state index in [0.29, 0.717) is 0 Å². The SMILES string of the molecule is COc1cc(C)c(Cl)c(C)c1NCC1(CO)CC1. The molecular weight excluding hydrogens is 250 g/mol. The quantitative estimate of drug-likeness (QED) is 0.863. The van der Waals surface area contributed by atoms with Gasteiger partial charge in [0.05, 0.1) is 19.4 Å². The van der Waals surface area contributed by atoms with E-state index in [0.717, 1.165) is 47.0 Å². The smallest absolute Gasteiger partial charge is 0.142 e. The molecule has 0 aromatic heterocycles. The third kappa shape index (κ3) is 2.43. The van der Waals surface area contributed by atoms with Crippen LogP contribution in [0.2, 0.25) is 5.02 Å². The first kappa shape index (κ1) is 13.5. The van der Waals surface area contributed by atoms with E-state index in [1.54, 1.807) is 7.11 Å². The largest absolute Gasteiger partial charge is 0.495 e. The fraction of sp³-hybridized carbons (Fsp3) is 0.571. The summed E-state index contributed by atoms with van der Waals surface area (Å²) < 4.78 is 5.40. The second kappa shape index (κ2) is 4.98. The highest BCUT2D eigenvalue weighted by Crippen LogP contribution is 2.46. The minimum atomic E-state index is 0.0643. The Morgan fingerprint density at radius 2 is 2.11 bits per heavy atom. The number of nitrogens with one attached hydrogen (secondary N) is 1. The van der Waals surface area contributed by atoms with Gasteiger partial charge in [-0.3, -0.25) is 0 Å². The number of ether oxygens (including phenoxy) is 1. The number of hydrogen-bond acceptors (Lipinski definition) is 3. The van der Waals surface area contributed by atoms with E-state index in [1.807, 2.05) is 19.9 Å². The second-order valence-corrected chi connectivity index (χ2v) is 5.60. The highest BCUT2D eigenvalue weighted by Gasteiger charge is 2.41. The molecule has 2 rings (SSSR count). The van der Waals surface area contributed by atoms with E-state index >= 15 is 0 Å². The Kier molecular flexibility index (Phi) is 3.74. The highest BCUT2D eigenvalue weighted by atomic mass is 35.5. The number of aryl methyl sites for hydroxylation is 1. The number of halogens is 1. The molecule has 2 N–H and O–H groups in total. The molecule has 4 heteroatoms. The molecule has 18 heavy (non-hydrogen) atoms. The lowest BCUT2D eigenvalue weighted by Crippen LogP contribution is -2.20. The molecular formula is C14H20ClNO2. The highest BCUT2D eigenvalue weighted by molar-refractivity contribution is 6.32. The van der Waals surface area contributed by atoms with Crippen LogP contribution in [0.3, 0.4) is 0 Å². The lowest BCUT2D eigenvalue weighted by Gasteiger charge is -2.19. The molecule has 1 aromatic carbocycles. The van der Waals surface area contributed by atoms with Crippen molar-refractivity contribution in [3.05, 3.63) is 22.2 Å². The molecule has 100 valence electrons. The first-order valence-electron chi connectivity index (χ1n) is 6.21. The van der Waals surface area contributed by atoms with Gasteiger partial charge in [0.15, 0.2) is 0 Å². The van der Waals surface area contributed by atoms with Gasteiger partial charge in [0.25, 0.3) is 0 Å². The number of methoxy groups -OCH3 is 1. The summed E-state index contributed by atoms with van der Waals surface area (Å²) in [7, 11) is 1.66. The Bertz CT molecular complexity index is 456. The second-order valence-electron chi connectivity index (χ2n) is 5.22. The van der Waals surface area contributed by atoms with Crippen molar-refractivity contribution in [2.24, 2.45) is 5.41 Å². The summed E-state index contributed by atoms with van der Waals surface area (Å²) in [4.78, 5) is 0. The third-order valence-electron chi connectivity index (χ3n) is 3.80. The van der Waals surface area contributed by atoms with Crippen molar-refractivity contribution in [1.29, 1.82) is 0 Å². The van der Waals surface area contributed by atoms with Crippen LogP contribution in [0, 0.1) is 19.3 Å². The Balaban J connectivity index is 2.23. The zero-order valence-electron chi connectivity index (χ0n) is 11.1. The van der Waals surface area contributed by atoms with Gasteiger partial charge in [-0.25, -0.2) is 0 Å². The summed E-state index contributed by atoms with van der Waals surface area (Å²) in [5, 5.41) is 13.5. The zero-order valence-corrected chi connectivity index (χ0v) is 11.9. The number of benzene rings is 1. The first-order valence-corrected chi connectivity index (χ1v) is 6.59. The Morgan fingerprint density at radius 3 is 2.61 bits per heavy atom. The summed E-state index contributed by atoms with van der Waals surface area (Å²) in [6, 6.07) is 1.94. The minimum absolute atomic E-state index is 0.0643. The van der Waals surface area contributed by atoms with Gasteiger partial charge in [-0.15, -0.1) is 0 Å². The fourth-order valence-electron chi connectivity index (χ4n) is 2.15. The summed E-state index contributed by atoms with van der Waals surface area (Å²) >= 11 is 6.27. The molecule has 0 atom stereocenters. The van der Waals surface area contributed by atoms with Crippen LogP contribution >= 0.6 is 11.6 Å². The molecule has 0 radical (unpaired) electrons. The maximum absolute atomic E-state index is 9.33. The van der Waals surface area contributed by atoms with E-state index in [1.165, 1.54) is 0 Å². The van der Waals surface area contributed by atoms with E-state index in [9.17, 15) is 5.11 Å². The van der Waals surface area contributed by atoms with Crippen LogP contribution in [0.15, 0.2) is 6.07 Å².